The lowest BCUT2D eigenvalue weighted by atomic mass is 10.1. The standard InChI is InChI=1S/C13H11FN2O2S/c14-9-4-5-12-11(7-9)16-6-2-1-3-10(16)13(8-15)19(12,17)18/h4-5,7H,1-3,6H2. The molecule has 1 saturated heterocycles. The summed E-state index contributed by atoms with van der Waals surface area (Å²) in [5.74, 6) is -0.473. The first-order valence-electron chi connectivity index (χ1n) is 6.01. The summed E-state index contributed by atoms with van der Waals surface area (Å²) in [6.45, 7) is 0.618. The van der Waals surface area contributed by atoms with Gasteiger partial charge < -0.3 is 4.90 Å². The molecule has 0 aliphatic carbocycles. The Morgan fingerprint density at radius 3 is 2.84 bits per heavy atom. The Balaban J connectivity index is 2.35. The summed E-state index contributed by atoms with van der Waals surface area (Å²) in [6, 6.07) is 5.38. The highest BCUT2D eigenvalue weighted by Crippen LogP contribution is 2.42. The lowest BCUT2D eigenvalue weighted by molar-refractivity contribution is 0.586. The molecule has 98 valence electrons. The average Bonchev–Trinajstić information content (AvgIpc) is 2.38. The number of hydrogen-bond acceptors (Lipinski definition) is 4. The van der Waals surface area contributed by atoms with Crippen LogP contribution in [0, 0.1) is 17.1 Å². The Labute approximate surface area is 110 Å². The van der Waals surface area contributed by atoms with Crippen LogP contribution < -0.4 is 4.90 Å². The van der Waals surface area contributed by atoms with Gasteiger partial charge in [-0.3, -0.25) is 0 Å². The van der Waals surface area contributed by atoms with Crippen LogP contribution in [0.4, 0.5) is 10.1 Å². The van der Waals surface area contributed by atoms with Gasteiger partial charge in [-0.1, -0.05) is 0 Å². The third-order valence-electron chi connectivity index (χ3n) is 3.50. The first kappa shape index (κ1) is 12.2. The van der Waals surface area contributed by atoms with Crippen LogP contribution in [0.1, 0.15) is 19.3 Å². The number of halogens is 1. The SMILES string of the molecule is N#CC1=C2CCCCN2c2cc(F)ccc2S1(=O)=O. The molecule has 0 unspecified atom stereocenters. The minimum absolute atomic E-state index is 0.0242. The molecule has 0 N–H and O–H groups in total. The quantitative estimate of drug-likeness (QED) is 0.683. The Bertz CT molecular complexity index is 732. The fourth-order valence-electron chi connectivity index (χ4n) is 2.65. The molecule has 0 atom stereocenters. The smallest absolute Gasteiger partial charge is 0.220 e. The molecule has 2 aliphatic rings. The number of nitrogens with zero attached hydrogens (tertiary/aromatic N) is 2. The van der Waals surface area contributed by atoms with Gasteiger partial charge in [0.25, 0.3) is 0 Å². The van der Waals surface area contributed by atoms with Crippen molar-refractivity contribution in [1.82, 2.24) is 0 Å². The van der Waals surface area contributed by atoms with Gasteiger partial charge in [-0.05, 0) is 37.5 Å². The molecule has 0 amide bonds. The molecule has 0 saturated carbocycles. The van der Waals surface area contributed by atoms with Crippen LogP contribution in [-0.4, -0.2) is 15.0 Å². The Morgan fingerprint density at radius 1 is 1.32 bits per heavy atom. The van der Waals surface area contributed by atoms with Crippen LogP contribution in [0.15, 0.2) is 33.7 Å². The number of fused-ring (bicyclic) bond motifs is 3. The fraction of sp³-hybridized carbons (Fsp3) is 0.308. The van der Waals surface area contributed by atoms with E-state index in [4.69, 9.17) is 5.26 Å². The van der Waals surface area contributed by atoms with Gasteiger partial charge in [0.1, 0.15) is 11.9 Å². The maximum absolute atomic E-state index is 13.4. The van der Waals surface area contributed by atoms with E-state index in [0.717, 1.165) is 18.9 Å². The fourth-order valence-corrected chi connectivity index (χ4v) is 4.21. The largest absolute Gasteiger partial charge is 0.342 e. The number of allylic oxidation sites excluding steroid dienone is 2. The number of anilines is 1. The molecule has 1 aromatic carbocycles. The van der Waals surface area contributed by atoms with Gasteiger partial charge in [-0.25, -0.2) is 12.8 Å². The van der Waals surface area contributed by atoms with Crippen molar-refractivity contribution in [2.24, 2.45) is 0 Å². The van der Waals surface area contributed by atoms with Gasteiger partial charge in [0.05, 0.1) is 10.6 Å². The van der Waals surface area contributed by atoms with Crippen LogP contribution in [0.2, 0.25) is 0 Å². The Morgan fingerprint density at radius 2 is 2.11 bits per heavy atom. The van der Waals surface area contributed by atoms with Crippen molar-refractivity contribution in [3.8, 4) is 6.07 Å². The Kier molecular flexibility index (Phi) is 2.61. The van der Waals surface area contributed by atoms with Crippen LogP contribution in [0.5, 0.6) is 0 Å². The molecule has 2 aliphatic heterocycles. The molecule has 4 nitrogen and oxygen atoms in total. The van der Waals surface area contributed by atoms with E-state index >= 15 is 0 Å². The third kappa shape index (κ3) is 1.65. The molecule has 1 fully saturated rings. The van der Waals surface area contributed by atoms with Crippen LogP contribution >= 0.6 is 0 Å². The van der Waals surface area contributed by atoms with Crippen molar-refractivity contribution < 1.29 is 12.8 Å². The van der Waals surface area contributed by atoms with Gasteiger partial charge in [0.2, 0.25) is 9.84 Å². The van der Waals surface area contributed by atoms with Crippen molar-refractivity contribution in [2.75, 3.05) is 11.4 Å². The maximum Gasteiger partial charge on any atom is 0.220 e. The minimum atomic E-state index is -3.81. The molecule has 1 aromatic rings. The van der Waals surface area contributed by atoms with Crippen molar-refractivity contribution in [2.45, 2.75) is 24.2 Å². The van der Waals surface area contributed by atoms with E-state index < -0.39 is 15.7 Å². The average molecular weight is 278 g/mol. The molecular weight excluding hydrogens is 267 g/mol. The number of piperidine rings is 1. The molecule has 6 heteroatoms. The summed E-state index contributed by atoms with van der Waals surface area (Å²) in [6.07, 6.45) is 2.29. The van der Waals surface area contributed by atoms with Crippen LogP contribution in [0.3, 0.4) is 0 Å². The second kappa shape index (κ2) is 4.07. The summed E-state index contributed by atoms with van der Waals surface area (Å²) >= 11 is 0. The van der Waals surface area contributed by atoms with Gasteiger partial charge >= 0.3 is 0 Å². The molecule has 0 aromatic heterocycles. The van der Waals surface area contributed by atoms with Crippen LogP contribution in [0.25, 0.3) is 0 Å². The highest BCUT2D eigenvalue weighted by Gasteiger charge is 2.37. The van der Waals surface area contributed by atoms with Gasteiger partial charge in [0, 0.05) is 12.2 Å². The first-order chi connectivity index (χ1) is 9.05. The third-order valence-corrected chi connectivity index (χ3v) is 5.29. The second-order valence-corrected chi connectivity index (χ2v) is 6.47. The molecule has 2 heterocycles. The van der Waals surface area contributed by atoms with Gasteiger partial charge in [-0.2, -0.15) is 5.26 Å². The first-order valence-corrected chi connectivity index (χ1v) is 7.49. The monoisotopic (exact) mass is 278 g/mol. The Hall–Kier alpha value is -1.87. The summed E-state index contributed by atoms with van der Waals surface area (Å²) in [5.41, 5.74) is 0.862. The molecule has 19 heavy (non-hydrogen) atoms. The molecule has 0 radical (unpaired) electrons. The minimum Gasteiger partial charge on any atom is -0.342 e. The predicted octanol–water partition coefficient (Wildman–Crippen LogP) is 2.34. The number of benzene rings is 1. The van der Waals surface area contributed by atoms with Crippen molar-refractivity contribution >= 4 is 15.5 Å². The number of nitriles is 1. The van der Waals surface area contributed by atoms with E-state index in [1.165, 1.54) is 12.1 Å². The molecule has 3 rings (SSSR count). The number of rotatable bonds is 0. The maximum atomic E-state index is 13.4. The molecular formula is C13H11FN2O2S. The number of sulfone groups is 1. The summed E-state index contributed by atoms with van der Waals surface area (Å²) in [5, 5.41) is 9.16. The molecule has 0 spiro atoms. The highest BCUT2D eigenvalue weighted by atomic mass is 32.2. The lowest BCUT2D eigenvalue weighted by Gasteiger charge is -2.36. The van der Waals surface area contributed by atoms with E-state index in [9.17, 15) is 12.8 Å². The zero-order valence-corrected chi connectivity index (χ0v) is 10.9. The number of hydrogen-bond donors (Lipinski definition) is 0. The highest BCUT2D eigenvalue weighted by molar-refractivity contribution is 7.95. The molecule has 0 bridgehead atoms. The van der Waals surface area contributed by atoms with Gasteiger partial charge in [-0.15, -0.1) is 0 Å². The van der Waals surface area contributed by atoms with E-state index in [0.29, 0.717) is 24.4 Å². The van der Waals surface area contributed by atoms with Gasteiger partial charge in [0.15, 0.2) is 4.91 Å². The van der Waals surface area contributed by atoms with E-state index in [-0.39, 0.29) is 9.80 Å². The van der Waals surface area contributed by atoms with E-state index in [2.05, 4.69) is 0 Å². The second-order valence-electron chi connectivity index (χ2n) is 4.61. The normalized spacial score (nSPS) is 20.5. The van der Waals surface area contributed by atoms with Crippen molar-refractivity contribution in [3.05, 3.63) is 34.6 Å². The summed E-state index contributed by atoms with van der Waals surface area (Å²) in [7, 11) is -3.81. The summed E-state index contributed by atoms with van der Waals surface area (Å²) < 4.78 is 38.1. The van der Waals surface area contributed by atoms with E-state index in [1.807, 2.05) is 0 Å². The van der Waals surface area contributed by atoms with Crippen molar-refractivity contribution in [3.63, 3.8) is 0 Å². The zero-order valence-electron chi connectivity index (χ0n) is 10.1. The predicted molar refractivity (Wildman–Crippen MR) is 67.4 cm³/mol. The van der Waals surface area contributed by atoms with E-state index in [1.54, 1.807) is 11.0 Å². The van der Waals surface area contributed by atoms with Crippen molar-refractivity contribution in [1.29, 1.82) is 5.26 Å². The van der Waals surface area contributed by atoms with Crippen LogP contribution in [-0.2, 0) is 9.84 Å². The lowest BCUT2D eigenvalue weighted by Crippen LogP contribution is -2.34. The zero-order chi connectivity index (χ0) is 13.6. The summed E-state index contributed by atoms with van der Waals surface area (Å²) in [4.78, 5) is 1.60. The topological polar surface area (TPSA) is 61.2 Å².